The van der Waals surface area contributed by atoms with Crippen LogP contribution in [0.2, 0.25) is 0 Å². The number of halogens is 1. The number of benzene rings is 2. The first-order chi connectivity index (χ1) is 11.3. The molecule has 0 saturated heterocycles. The van der Waals surface area contributed by atoms with Crippen LogP contribution in [0.4, 0.5) is 11.5 Å². The summed E-state index contributed by atoms with van der Waals surface area (Å²) >= 11 is 3.49. The first kappa shape index (κ1) is 13.0. The largest absolute Gasteiger partial charge is 0.454 e. The van der Waals surface area contributed by atoms with Gasteiger partial charge in [-0.05, 0) is 35.9 Å². The van der Waals surface area contributed by atoms with Crippen molar-refractivity contribution in [1.82, 2.24) is 10.2 Å². The highest BCUT2D eigenvalue weighted by molar-refractivity contribution is 9.10. The van der Waals surface area contributed by atoms with Crippen LogP contribution in [0.15, 0.2) is 40.9 Å². The predicted octanol–water partition coefficient (Wildman–Crippen LogP) is 4.22. The van der Waals surface area contributed by atoms with E-state index in [4.69, 9.17) is 9.47 Å². The second-order valence-corrected chi connectivity index (χ2v) is 6.52. The Balaban J connectivity index is 1.53. The molecule has 1 aromatic heterocycles. The molecule has 2 aromatic carbocycles. The average Bonchev–Trinajstić information content (AvgIpc) is 3.21. The van der Waals surface area contributed by atoms with Gasteiger partial charge in [0, 0.05) is 27.7 Å². The van der Waals surface area contributed by atoms with Gasteiger partial charge in [-0.25, -0.2) is 0 Å². The van der Waals surface area contributed by atoms with Crippen molar-refractivity contribution in [3.05, 3.63) is 52.0 Å². The lowest BCUT2D eigenvalue weighted by Gasteiger charge is -2.06. The standard InChI is InChI=1S/C17H12BrN3O2/c18-10-2-1-3-11(6-10)19-17-13-4-9-5-14-15(23-8-22-14)7-12(9)16(13)20-21-17/h1-3,5-7H,4,8H2,(H2,19,20,21). The highest BCUT2D eigenvalue weighted by atomic mass is 79.9. The molecule has 1 aliphatic carbocycles. The van der Waals surface area contributed by atoms with Gasteiger partial charge in [0.1, 0.15) is 5.82 Å². The van der Waals surface area contributed by atoms with Gasteiger partial charge >= 0.3 is 0 Å². The molecule has 0 atom stereocenters. The van der Waals surface area contributed by atoms with Crippen LogP contribution in [0.3, 0.4) is 0 Å². The summed E-state index contributed by atoms with van der Waals surface area (Å²) in [5, 5.41) is 11.0. The van der Waals surface area contributed by atoms with Crippen LogP contribution in [0.1, 0.15) is 11.1 Å². The minimum Gasteiger partial charge on any atom is -0.454 e. The van der Waals surface area contributed by atoms with Crippen LogP contribution in [0.5, 0.6) is 11.5 Å². The van der Waals surface area contributed by atoms with Crippen LogP contribution in [0, 0.1) is 0 Å². The number of hydrogen-bond acceptors (Lipinski definition) is 4. The highest BCUT2D eigenvalue weighted by Gasteiger charge is 2.28. The maximum atomic E-state index is 5.47. The number of nitrogens with zero attached hydrogens (tertiary/aromatic N) is 1. The number of fused-ring (bicyclic) bond motifs is 4. The second kappa shape index (κ2) is 4.76. The van der Waals surface area contributed by atoms with Crippen LogP contribution < -0.4 is 14.8 Å². The first-order valence-electron chi connectivity index (χ1n) is 7.30. The predicted molar refractivity (Wildman–Crippen MR) is 90.4 cm³/mol. The number of anilines is 2. The molecule has 23 heavy (non-hydrogen) atoms. The third kappa shape index (κ3) is 2.02. The molecular formula is C17H12BrN3O2. The summed E-state index contributed by atoms with van der Waals surface area (Å²) in [6.45, 7) is 0.293. The Morgan fingerprint density at radius 2 is 2.00 bits per heavy atom. The molecule has 0 bridgehead atoms. The third-order valence-electron chi connectivity index (χ3n) is 4.18. The molecule has 0 unspecified atom stereocenters. The Bertz CT molecular complexity index is 936. The van der Waals surface area contributed by atoms with Crippen molar-refractivity contribution in [3.63, 3.8) is 0 Å². The monoisotopic (exact) mass is 369 g/mol. The molecule has 0 saturated carbocycles. The van der Waals surface area contributed by atoms with Crippen molar-refractivity contribution in [2.75, 3.05) is 12.1 Å². The van der Waals surface area contributed by atoms with Gasteiger partial charge in [-0.2, -0.15) is 5.10 Å². The van der Waals surface area contributed by atoms with Gasteiger partial charge in [0.05, 0.1) is 5.69 Å². The number of nitrogens with one attached hydrogen (secondary N) is 2. The van der Waals surface area contributed by atoms with E-state index >= 15 is 0 Å². The molecular weight excluding hydrogens is 358 g/mol. The minimum atomic E-state index is 0.293. The molecule has 0 fully saturated rings. The second-order valence-electron chi connectivity index (χ2n) is 5.60. The molecule has 2 N–H and O–H groups in total. The van der Waals surface area contributed by atoms with E-state index in [0.717, 1.165) is 45.2 Å². The summed E-state index contributed by atoms with van der Waals surface area (Å²) in [7, 11) is 0. The van der Waals surface area contributed by atoms with Crippen LogP contribution in [0.25, 0.3) is 11.3 Å². The lowest BCUT2D eigenvalue weighted by Crippen LogP contribution is -1.94. The molecule has 114 valence electrons. The minimum absolute atomic E-state index is 0.293. The van der Waals surface area contributed by atoms with Gasteiger partial charge < -0.3 is 14.8 Å². The zero-order valence-corrected chi connectivity index (χ0v) is 13.6. The van der Waals surface area contributed by atoms with Crippen molar-refractivity contribution in [1.29, 1.82) is 0 Å². The van der Waals surface area contributed by atoms with Gasteiger partial charge in [-0.15, -0.1) is 0 Å². The Kier molecular flexibility index (Phi) is 2.69. The van der Waals surface area contributed by atoms with Crippen LogP contribution in [-0.2, 0) is 6.42 Å². The average molecular weight is 370 g/mol. The Labute approximate surface area is 140 Å². The number of aromatic amines is 1. The SMILES string of the molecule is Brc1cccc(Nc2[nH]nc3c2Cc2cc4c(cc2-3)OCO4)c1. The number of rotatable bonds is 2. The topological polar surface area (TPSA) is 59.2 Å². The summed E-state index contributed by atoms with van der Waals surface area (Å²) < 4.78 is 12.0. The maximum absolute atomic E-state index is 5.47. The maximum Gasteiger partial charge on any atom is 0.231 e. The van der Waals surface area contributed by atoms with E-state index in [1.165, 1.54) is 11.1 Å². The van der Waals surface area contributed by atoms with Crippen molar-refractivity contribution in [2.45, 2.75) is 6.42 Å². The molecule has 5 nitrogen and oxygen atoms in total. The first-order valence-corrected chi connectivity index (χ1v) is 8.10. The molecule has 5 rings (SSSR count). The molecule has 3 aromatic rings. The lowest BCUT2D eigenvalue weighted by molar-refractivity contribution is 0.174. The molecule has 1 aliphatic heterocycles. The Morgan fingerprint density at radius 1 is 1.13 bits per heavy atom. The van der Waals surface area contributed by atoms with E-state index in [2.05, 4.69) is 37.5 Å². The van der Waals surface area contributed by atoms with Crippen molar-refractivity contribution >= 4 is 27.4 Å². The van der Waals surface area contributed by atoms with E-state index in [-0.39, 0.29) is 0 Å². The summed E-state index contributed by atoms with van der Waals surface area (Å²) in [5.41, 5.74) is 5.50. The van der Waals surface area contributed by atoms with Gasteiger partial charge in [0.15, 0.2) is 11.5 Å². The van der Waals surface area contributed by atoms with E-state index in [0.29, 0.717) is 6.79 Å². The fourth-order valence-electron chi connectivity index (χ4n) is 3.12. The van der Waals surface area contributed by atoms with Gasteiger partial charge in [-0.3, -0.25) is 5.10 Å². The van der Waals surface area contributed by atoms with Crippen molar-refractivity contribution in [3.8, 4) is 22.8 Å². The van der Waals surface area contributed by atoms with E-state index in [9.17, 15) is 0 Å². The summed E-state index contributed by atoms with van der Waals surface area (Å²) in [6.07, 6.45) is 0.828. The zero-order valence-electron chi connectivity index (χ0n) is 12.0. The van der Waals surface area contributed by atoms with E-state index < -0.39 is 0 Å². The molecule has 2 heterocycles. The lowest BCUT2D eigenvalue weighted by atomic mass is 10.1. The number of ether oxygens (including phenoxy) is 2. The molecule has 0 spiro atoms. The smallest absolute Gasteiger partial charge is 0.231 e. The van der Waals surface area contributed by atoms with E-state index in [1.54, 1.807) is 0 Å². The fourth-order valence-corrected chi connectivity index (χ4v) is 3.51. The summed E-state index contributed by atoms with van der Waals surface area (Å²) in [5.74, 6) is 2.54. The van der Waals surface area contributed by atoms with Crippen molar-refractivity contribution in [2.24, 2.45) is 0 Å². The number of H-pyrrole nitrogens is 1. The third-order valence-corrected chi connectivity index (χ3v) is 4.68. The Morgan fingerprint density at radius 3 is 2.87 bits per heavy atom. The quantitative estimate of drug-likeness (QED) is 0.555. The number of aromatic nitrogens is 2. The van der Waals surface area contributed by atoms with Gasteiger partial charge in [0.25, 0.3) is 0 Å². The summed E-state index contributed by atoms with van der Waals surface area (Å²) in [4.78, 5) is 0. The number of hydrogen-bond donors (Lipinski definition) is 2. The van der Waals surface area contributed by atoms with Gasteiger partial charge in [0.2, 0.25) is 6.79 Å². The highest BCUT2D eigenvalue weighted by Crippen LogP contribution is 2.45. The molecule has 0 radical (unpaired) electrons. The molecule has 2 aliphatic rings. The van der Waals surface area contributed by atoms with Gasteiger partial charge in [-0.1, -0.05) is 22.0 Å². The zero-order chi connectivity index (χ0) is 15.4. The summed E-state index contributed by atoms with van der Waals surface area (Å²) in [6, 6.07) is 12.1. The normalized spacial score (nSPS) is 13.8. The van der Waals surface area contributed by atoms with Crippen molar-refractivity contribution < 1.29 is 9.47 Å². The van der Waals surface area contributed by atoms with Crippen LogP contribution in [-0.4, -0.2) is 17.0 Å². The molecule has 6 heteroatoms. The van der Waals surface area contributed by atoms with E-state index in [1.807, 2.05) is 30.3 Å². The molecule has 0 amide bonds. The fraction of sp³-hybridized carbons (Fsp3) is 0.118. The Hall–Kier alpha value is -2.47. The van der Waals surface area contributed by atoms with Crippen LogP contribution >= 0.6 is 15.9 Å².